The van der Waals surface area contributed by atoms with Crippen molar-refractivity contribution in [2.45, 2.75) is 16.0 Å². The fraction of sp³-hybridized carbons (Fsp3) is 0.182. The van der Waals surface area contributed by atoms with E-state index in [0.717, 1.165) is 26.3 Å². The fourth-order valence-corrected chi connectivity index (χ4v) is 5.61. The van der Waals surface area contributed by atoms with Gasteiger partial charge >= 0.3 is 5.97 Å². The van der Waals surface area contributed by atoms with E-state index in [9.17, 15) is 19.2 Å². The van der Waals surface area contributed by atoms with Crippen LogP contribution >= 0.6 is 34.9 Å². The molecule has 3 amide bonds. The minimum atomic E-state index is -0.816. The summed E-state index contributed by atoms with van der Waals surface area (Å²) >= 11 is 3.61. The van der Waals surface area contributed by atoms with E-state index in [1.54, 1.807) is 12.1 Å². The molecule has 10 nitrogen and oxygen atoms in total. The summed E-state index contributed by atoms with van der Waals surface area (Å²) in [5.41, 5.74) is 3.96. The quantitative estimate of drug-likeness (QED) is 0.140. The van der Waals surface area contributed by atoms with Gasteiger partial charge in [-0.25, -0.2) is 10.4 Å². The van der Waals surface area contributed by atoms with Crippen molar-refractivity contribution in [2.75, 3.05) is 12.9 Å². The highest BCUT2D eigenvalue weighted by Gasteiger charge is 2.34. The van der Waals surface area contributed by atoms with Crippen molar-refractivity contribution in [2.24, 2.45) is 5.10 Å². The minimum absolute atomic E-state index is 0.153. The first kappa shape index (κ1) is 24.7. The summed E-state index contributed by atoms with van der Waals surface area (Å²) in [7, 11) is 1.41. The van der Waals surface area contributed by atoms with Crippen molar-refractivity contribution >= 4 is 74.3 Å². The lowest BCUT2D eigenvalue weighted by Crippen LogP contribution is -2.27. The van der Waals surface area contributed by atoms with Gasteiger partial charge in [-0.1, -0.05) is 35.7 Å². The molecule has 35 heavy (non-hydrogen) atoms. The van der Waals surface area contributed by atoms with Crippen molar-refractivity contribution in [3.05, 3.63) is 48.0 Å². The predicted octanol–water partition coefficient (Wildman–Crippen LogP) is 3.19. The third-order valence-corrected chi connectivity index (χ3v) is 7.70. The Labute approximate surface area is 211 Å². The molecule has 4 rings (SSSR count). The Bertz CT molecular complexity index is 1290. The van der Waals surface area contributed by atoms with E-state index in [0.29, 0.717) is 5.56 Å². The van der Waals surface area contributed by atoms with Crippen LogP contribution in [0.25, 0.3) is 10.2 Å². The number of para-hydroxylation sites is 1. The normalized spacial score (nSPS) is 15.4. The zero-order chi connectivity index (χ0) is 24.8. The zero-order valence-electron chi connectivity index (χ0n) is 18.2. The molecule has 0 aliphatic carbocycles. The molecule has 0 spiro atoms. The number of nitrogens with one attached hydrogen (secondary N) is 2. The number of aromatic nitrogens is 1. The van der Waals surface area contributed by atoms with E-state index >= 15 is 0 Å². The van der Waals surface area contributed by atoms with E-state index < -0.39 is 22.4 Å². The molecule has 0 bridgehead atoms. The van der Waals surface area contributed by atoms with Crippen molar-refractivity contribution < 1.29 is 28.7 Å². The van der Waals surface area contributed by atoms with Gasteiger partial charge in [0.25, 0.3) is 11.1 Å². The Morgan fingerprint density at radius 3 is 2.80 bits per heavy atom. The Morgan fingerprint density at radius 2 is 2.06 bits per heavy atom. The highest BCUT2D eigenvalue weighted by Crippen LogP contribution is 2.30. The van der Waals surface area contributed by atoms with Crippen LogP contribution in [0.3, 0.4) is 0 Å². The molecule has 0 saturated carbocycles. The summed E-state index contributed by atoms with van der Waals surface area (Å²) in [6.07, 6.45) is 1.18. The van der Waals surface area contributed by atoms with Crippen molar-refractivity contribution in [1.29, 1.82) is 0 Å². The lowest BCUT2D eigenvalue weighted by Gasteiger charge is -2.10. The van der Waals surface area contributed by atoms with Gasteiger partial charge in [0.05, 0.1) is 35.7 Å². The molecule has 0 unspecified atom stereocenters. The van der Waals surface area contributed by atoms with Crippen LogP contribution in [0.2, 0.25) is 0 Å². The number of thiazole rings is 1. The van der Waals surface area contributed by atoms with Gasteiger partial charge in [0.2, 0.25) is 5.91 Å². The molecule has 2 aromatic carbocycles. The zero-order valence-corrected chi connectivity index (χ0v) is 20.6. The third-order valence-electron chi connectivity index (χ3n) is 4.53. The number of carbonyl (C=O) groups is 4. The molecular weight excluding hydrogens is 512 g/mol. The molecule has 1 saturated heterocycles. The SMILES string of the molecule is COc1cc(/C=N\NC(=O)CSc2nc3ccccc3s2)ccc1OC(=O)C[C@H]1SC(=O)NC1=O. The number of hydrogen-bond acceptors (Lipinski definition) is 11. The second-order valence-electron chi connectivity index (χ2n) is 7.00. The van der Waals surface area contributed by atoms with Crippen LogP contribution in [-0.2, 0) is 14.4 Å². The number of benzene rings is 2. The van der Waals surface area contributed by atoms with Crippen molar-refractivity contribution in [3.63, 3.8) is 0 Å². The van der Waals surface area contributed by atoms with Crippen LogP contribution in [0, 0.1) is 0 Å². The van der Waals surface area contributed by atoms with Gasteiger partial charge in [-0.05, 0) is 35.9 Å². The first-order valence-electron chi connectivity index (χ1n) is 10.1. The van der Waals surface area contributed by atoms with Crippen molar-refractivity contribution in [3.8, 4) is 11.5 Å². The molecule has 2 N–H and O–H groups in total. The first-order valence-corrected chi connectivity index (χ1v) is 12.8. The number of hydrazone groups is 1. The standard InChI is InChI=1S/C22H18N4O6S3/c1-31-15-8-12(6-7-14(15)32-19(28)9-17-20(29)25-21(30)34-17)10-23-26-18(27)11-33-22-24-13-4-2-3-5-16(13)35-22/h2-8,10,17H,9,11H2,1H3,(H,26,27)(H,25,29,30)/b23-10-/t17-/m1/s1. The largest absolute Gasteiger partial charge is 0.493 e. The third kappa shape index (κ3) is 6.59. The number of rotatable bonds is 9. The molecule has 1 aromatic heterocycles. The fourth-order valence-electron chi connectivity index (χ4n) is 2.94. The molecule has 13 heteroatoms. The van der Waals surface area contributed by atoms with Crippen LogP contribution in [0.15, 0.2) is 51.9 Å². The number of ether oxygens (including phenoxy) is 2. The molecule has 0 radical (unpaired) electrons. The number of thioether (sulfide) groups is 2. The number of carbonyl (C=O) groups excluding carboxylic acids is 4. The van der Waals surface area contributed by atoms with Gasteiger partial charge in [0, 0.05) is 0 Å². The summed E-state index contributed by atoms with van der Waals surface area (Å²) in [4.78, 5) is 51.6. The molecule has 1 aliphatic rings. The van der Waals surface area contributed by atoms with Gasteiger partial charge < -0.3 is 9.47 Å². The number of nitrogens with zero attached hydrogens (tertiary/aromatic N) is 2. The van der Waals surface area contributed by atoms with Crippen LogP contribution in [-0.4, -0.2) is 52.3 Å². The maximum atomic E-state index is 12.2. The van der Waals surface area contributed by atoms with E-state index in [4.69, 9.17) is 9.47 Å². The molecule has 1 atom stereocenters. The maximum absolute atomic E-state index is 12.2. The molecule has 2 heterocycles. The Kier molecular flexibility index (Phi) is 8.00. The number of hydrogen-bond donors (Lipinski definition) is 2. The number of imide groups is 1. The van der Waals surface area contributed by atoms with Crippen LogP contribution in [0.5, 0.6) is 11.5 Å². The summed E-state index contributed by atoms with van der Waals surface area (Å²) in [6.45, 7) is 0. The monoisotopic (exact) mass is 530 g/mol. The van der Waals surface area contributed by atoms with Crippen molar-refractivity contribution in [1.82, 2.24) is 15.7 Å². The van der Waals surface area contributed by atoms with Gasteiger partial charge in [-0.15, -0.1) is 11.3 Å². The Hall–Kier alpha value is -3.42. The molecular formula is C22H18N4O6S3. The second kappa shape index (κ2) is 11.3. The second-order valence-corrected chi connectivity index (χ2v) is 10.4. The van der Waals surface area contributed by atoms with Gasteiger partial charge in [0.15, 0.2) is 15.8 Å². The van der Waals surface area contributed by atoms with Gasteiger partial charge in [0.1, 0.15) is 5.25 Å². The molecule has 1 fully saturated rings. The topological polar surface area (TPSA) is 136 Å². The van der Waals surface area contributed by atoms with Crippen LogP contribution < -0.4 is 20.2 Å². The summed E-state index contributed by atoms with van der Waals surface area (Å²) in [6, 6.07) is 12.5. The summed E-state index contributed by atoms with van der Waals surface area (Å²) < 4.78 is 12.4. The molecule has 3 aromatic rings. The Morgan fingerprint density at radius 1 is 1.23 bits per heavy atom. The minimum Gasteiger partial charge on any atom is -0.493 e. The number of esters is 1. The molecule has 1 aliphatic heterocycles. The van der Waals surface area contributed by atoms with Gasteiger partial charge in [-0.3, -0.25) is 24.5 Å². The summed E-state index contributed by atoms with van der Waals surface area (Å²) in [5, 5.41) is 4.76. The number of methoxy groups -OCH3 is 1. The highest BCUT2D eigenvalue weighted by atomic mass is 32.2. The van der Waals surface area contributed by atoms with E-state index in [-0.39, 0.29) is 29.6 Å². The average Bonchev–Trinajstić information content (AvgIpc) is 3.40. The number of fused-ring (bicyclic) bond motifs is 1. The Balaban J connectivity index is 1.28. The lowest BCUT2D eigenvalue weighted by atomic mass is 10.2. The van der Waals surface area contributed by atoms with E-state index in [2.05, 4.69) is 20.8 Å². The van der Waals surface area contributed by atoms with E-state index in [1.807, 2.05) is 24.3 Å². The predicted molar refractivity (Wildman–Crippen MR) is 134 cm³/mol. The average molecular weight is 531 g/mol. The highest BCUT2D eigenvalue weighted by molar-refractivity contribution is 8.15. The first-order chi connectivity index (χ1) is 16.9. The summed E-state index contributed by atoms with van der Waals surface area (Å²) in [5.74, 6) is -0.894. The molecule has 180 valence electrons. The van der Waals surface area contributed by atoms with Gasteiger partial charge in [-0.2, -0.15) is 5.10 Å². The van der Waals surface area contributed by atoms with Crippen LogP contribution in [0.4, 0.5) is 4.79 Å². The maximum Gasteiger partial charge on any atom is 0.312 e. The lowest BCUT2D eigenvalue weighted by molar-refractivity contribution is -0.136. The smallest absolute Gasteiger partial charge is 0.312 e. The van der Waals surface area contributed by atoms with E-state index in [1.165, 1.54) is 42.5 Å². The van der Waals surface area contributed by atoms with Crippen LogP contribution in [0.1, 0.15) is 12.0 Å². The number of amides is 3.